The van der Waals surface area contributed by atoms with Gasteiger partial charge in [0.15, 0.2) is 0 Å². The zero-order chi connectivity index (χ0) is 17.3. The summed E-state index contributed by atoms with van der Waals surface area (Å²) < 4.78 is 13.0. The minimum atomic E-state index is -0.963. The quantitative estimate of drug-likeness (QED) is 0.922. The minimum Gasteiger partial charge on any atom is -0.480 e. The summed E-state index contributed by atoms with van der Waals surface area (Å²) in [4.78, 5) is 30.3. The van der Waals surface area contributed by atoms with Crippen LogP contribution in [-0.4, -0.2) is 39.5 Å². The van der Waals surface area contributed by atoms with Gasteiger partial charge in [0.05, 0.1) is 10.7 Å². The zero-order valence-corrected chi connectivity index (χ0v) is 14.0. The van der Waals surface area contributed by atoms with Crippen molar-refractivity contribution < 1.29 is 19.1 Å². The normalized spacial score (nSPS) is 17.2. The smallest absolute Gasteiger partial charge is 0.326 e. The summed E-state index contributed by atoms with van der Waals surface area (Å²) in [5.41, 5.74) is 1.52. The maximum absolute atomic E-state index is 13.0. The number of nitrogens with zero attached hydrogens (tertiary/aromatic N) is 2. The Bertz CT molecular complexity index is 773. The number of likely N-dealkylation sites (tertiary alicyclic amines) is 1. The molecule has 1 aliphatic rings. The van der Waals surface area contributed by atoms with Crippen LogP contribution in [0.1, 0.15) is 38.8 Å². The molecule has 126 valence electrons. The second-order valence-electron chi connectivity index (χ2n) is 5.82. The molecule has 1 aliphatic heterocycles. The van der Waals surface area contributed by atoms with E-state index < -0.39 is 12.0 Å². The molecule has 0 radical (unpaired) electrons. The molecule has 3 rings (SSSR count). The molecule has 1 atom stereocenters. The van der Waals surface area contributed by atoms with Gasteiger partial charge in [0.1, 0.15) is 16.7 Å². The van der Waals surface area contributed by atoms with E-state index in [0.717, 1.165) is 10.6 Å². The van der Waals surface area contributed by atoms with Crippen molar-refractivity contribution in [1.82, 2.24) is 9.88 Å². The third-order valence-corrected chi connectivity index (χ3v) is 5.25. The molecule has 5 nitrogen and oxygen atoms in total. The van der Waals surface area contributed by atoms with Crippen molar-refractivity contribution in [3.63, 3.8) is 0 Å². The highest BCUT2D eigenvalue weighted by Crippen LogP contribution is 2.26. The van der Waals surface area contributed by atoms with Crippen LogP contribution in [0.25, 0.3) is 0 Å². The fraction of sp³-hybridized carbons (Fsp3) is 0.353. The largest absolute Gasteiger partial charge is 0.480 e. The lowest BCUT2D eigenvalue weighted by atomic mass is 10.1. The van der Waals surface area contributed by atoms with Gasteiger partial charge in [-0.2, -0.15) is 0 Å². The van der Waals surface area contributed by atoms with E-state index in [1.165, 1.54) is 28.4 Å². The van der Waals surface area contributed by atoms with Gasteiger partial charge >= 0.3 is 5.97 Å². The predicted octanol–water partition coefficient (Wildman–Crippen LogP) is 2.87. The van der Waals surface area contributed by atoms with E-state index in [1.54, 1.807) is 19.1 Å². The number of amides is 1. The van der Waals surface area contributed by atoms with E-state index in [2.05, 4.69) is 4.98 Å². The van der Waals surface area contributed by atoms with Crippen molar-refractivity contribution >= 4 is 23.2 Å². The van der Waals surface area contributed by atoms with E-state index in [1.807, 2.05) is 0 Å². The van der Waals surface area contributed by atoms with Crippen LogP contribution >= 0.6 is 11.3 Å². The maximum atomic E-state index is 13.0. The van der Waals surface area contributed by atoms with Crippen LogP contribution in [0.3, 0.4) is 0 Å². The monoisotopic (exact) mass is 348 g/mol. The van der Waals surface area contributed by atoms with E-state index in [9.17, 15) is 19.1 Å². The Labute approximate surface area is 142 Å². The average Bonchev–Trinajstić information content (AvgIpc) is 3.16. The van der Waals surface area contributed by atoms with Crippen molar-refractivity contribution in [2.75, 3.05) is 6.54 Å². The van der Waals surface area contributed by atoms with Crippen LogP contribution in [0.15, 0.2) is 24.3 Å². The number of carboxylic acids is 1. The summed E-state index contributed by atoms with van der Waals surface area (Å²) in [7, 11) is 0. The molecule has 1 saturated heterocycles. The number of carbonyl (C=O) groups excluding carboxylic acids is 1. The molecule has 24 heavy (non-hydrogen) atoms. The van der Waals surface area contributed by atoms with Gasteiger partial charge in [-0.15, -0.1) is 11.3 Å². The molecule has 1 N–H and O–H groups in total. The van der Waals surface area contributed by atoms with Crippen LogP contribution in [0.2, 0.25) is 0 Å². The van der Waals surface area contributed by atoms with E-state index in [-0.39, 0.29) is 11.7 Å². The zero-order valence-electron chi connectivity index (χ0n) is 13.2. The first-order valence-corrected chi connectivity index (χ1v) is 8.52. The SMILES string of the molecule is Cc1nc(Cc2ccc(F)cc2)sc1C(=O)N1CCCC1C(=O)O. The average molecular weight is 348 g/mol. The number of hydrogen-bond donors (Lipinski definition) is 1. The van der Waals surface area contributed by atoms with Crippen molar-refractivity contribution in [2.45, 2.75) is 32.2 Å². The Hall–Kier alpha value is -2.28. The van der Waals surface area contributed by atoms with E-state index in [0.29, 0.717) is 36.4 Å². The number of carbonyl (C=O) groups is 2. The molecule has 0 spiro atoms. The fourth-order valence-electron chi connectivity index (χ4n) is 2.90. The summed E-state index contributed by atoms with van der Waals surface area (Å²) in [6, 6.07) is 5.41. The molecule has 2 aromatic rings. The second-order valence-corrected chi connectivity index (χ2v) is 6.90. The molecule has 1 aromatic carbocycles. The van der Waals surface area contributed by atoms with E-state index >= 15 is 0 Å². The molecule has 7 heteroatoms. The van der Waals surface area contributed by atoms with Crippen LogP contribution in [-0.2, 0) is 11.2 Å². The van der Waals surface area contributed by atoms with Crippen molar-refractivity contribution in [1.29, 1.82) is 0 Å². The van der Waals surface area contributed by atoms with Crippen LogP contribution in [0.4, 0.5) is 4.39 Å². The highest BCUT2D eigenvalue weighted by Gasteiger charge is 2.35. The summed E-state index contributed by atoms with van der Waals surface area (Å²) in [5, 5.41) is 9.99. The number of rotatable bonds is 4. The van der Waals surface area contributed by atoms with Crippen LogP contribution < -0.4 is 0 Å². The van der Waals surface area contributed by atoms with Gasteiger partial charge in [-0.1, -0.05) is 12.1 Å². The highest BCUT2D eigenvalue weighted by molar-refractivity contribution is 7.13. The van der Waals surface area contributed by atoms with Crippen LogP contribution in [0.5, 0.6) is 0 Å². The third kappa shape index (κ3) is 3.31. The molecule has 1 fully saturated rings. The molecule has 0 bridgehead atoms. The van der Waals surface area contributed by atoms with Gasteiger partial charge in [-0.25, -0.2) is 14.2 Å². The van der Waals surface area contributed by atoms with Crippen molar-refractivity contribution in [3.8, 4) is 0 Å². The number of hydrogen-bond acceptors (Lipinski definition) is 4. The Morgan fingerprint density at radius 2 is 2.08 bits per heavy atom. The maximum Gasteiger partial charge on any atom is 0.326 e. The van der Waals surface area contributed by atoms with Gasteiger partial charge in [0, 0.05) is 13.0 Å². The molecular weight excluding hydrogens is 331 g/mol. The minimum absolute atomic E-state index is 0.264. The lowest BCUT2D eigenvalue weighted by Gasteiger charge is -2.20. The van der Waals surface area contributed by atoms with Gasteiger partial charge in [0.25, 0.3) is 5.91 Å². The Kier molecular flexibility index (Phi) is 4.62. The summed E-state index contributed by atoms with van der Waals surface area (Å²) in [6.07, 6.45) is 1.70. The van der Waals surface area contributed by atoms with Gasteiger partial charge in [0.2, 0.25) is 0 Å². The summed E-state index contributed by atoms with van der Waals surface area (Å²) >= 11 is 1.28. The summed E-state index contributed by atoms with van der Waals surface area (Å²) in [6.45, 7) is 2.21. The molecule has 1 unspecified atom stereocenters. The molecule has 1 aromatic heterocycles. The van der Waals surface area contributed by atoms with E-state index in [4.69, 9.17) is 0 Å². The standard InChI is InChI=1S/C17H17FN2O3S/c1-10-15(16(21)20-8-2-3-13(20)17(22)23)24-14(19-10)9-11-4-6-12(18)7-5-11/h4-7,13H,2-3,8-9H2,1H3,(H,22,23). The topological polar surface area (TPSA) is 70.5 Å². The number of aliphatic carboxylic acids is 1. The fourth-order valence-corrected chi connectivity index (χ4v) is 3.96. The van der Waals surface area contributed by atoms with Crippen molar-refractivity contribution in [3.05, 3.63) is 51.2 Å². The number of halogens is 1. The first-order valence-electron chi connectivity index (χ1n) is 7.70. The molecule has 1 amide bonds. The molecule has 0 aliphatic carbocycles. The van der Waals surface area contributed by atoms with Gasteiger partial charge in [-0.3, -0.25) is 4.79 Å². The summed E-state index contributed by atoms with van der Waals surface area (Å²) in [5.74, 6) is -1.52. The van der Waals surface area contributed by atoms with Gasteiger partial charge < -0.3 is 10.0 Å². The van der Waals surface area contributed by atoms with Crippen molar-refractivity contribution in [2.24, 2.45) is 0 Å². The lowest BCUT2D eigenvalue weighted by Crippen LogP contribution is -2.40. The molecule has 0 saturated carbocycles. The third-order valence-electron chi connectivity index (χ3n) is 4.10. The second kappa shape index (κ2) is 6.68. The predicted molar refractivity (Wildman–Crippen MR) is 87.8 cm³/mol. The number of aryl methyl sites for hydroxylation is 1. The lowest BCUT2D eigenvalue weighted by molar-refractivity contribution is -0.141. The molecule has 2 heterocycles. The Balaban J connectivity index is 1.79. The highest BCUT2D eigenvalue weighted by atomic mass is 32.1. The number of carboxylic acid groups (broad SMARTS) is 1. The number of benzene rings is 1. The number of aromatic nitrogens is 1. The van der Waals surface area contributed by atoms with Crippen LogP contribution in [0, 0.1) is 12.7 Å². The first-order chi connectivity index (χ1) is 11.5. The first kappa shape index (κ1) is 16.6. The molecular formula is C17H17FN2O3S. The van der Waals surface area contributed by atoms with Gasteiger partial charge in [-0.05, 0) is 37.5 Å². The number of thiazole rings is 1. The Morgan fingerprint density at radius 3 is 2.75 bits per heavy atom. The Morgan fingerprint density at radius 1 is 1.38 bits per heavy atom.